The normalized spacial score (nSPS) is 30.0. The summed E-state index contributed by atoms with van der Waals surface area (Å²) >= 11 is 0. The Morgan fingerprint density at radius 1 is 1.17 bits per heavy atom. The fourth-order valence-corrected chi connectivity index (χ4v) is 4.64. The first-order chi connectivity index (χ1) is 11.7. The third kappa shape index (κ3) is 2.46. The summed E-state index contributed by atoms with van der Waals surface area (Å²) in [5.74, 6) is 0.202. The number of carbonyl (C=O) groups is 1. The third-order valence-electron chi connectivity index (χ3n) is 5.86. The standard InChI is InChI=1S/C20H24N2O2/c23-19(15-10-12-21-14-15)22-13-11-20(24,16-6-2-1-3-7-16)17-8-4-5-9-18(17)22/h1-3,6-7,10,12,14,17-18,21,24H,4-5,8-9,11,13H2/t17-,18-,20+/m0/s1. The van der Waals surface area contributed by atoms with E-state index in [9.17, 15) is 9.90 Å². The largest absolute Gasteiger partial charge is 0.385 e. The molecule has 4 nitrogen and oxygen atoms in total. The third-order valence-corrected chi connectivity index (χ3v) is 5.86. The van der Waals surface area contributed by atoms with E-state index in [2.05, 4.69) is 4.98 Å². The first kappa shape index (κ1) is 15.5. The Kier molecular flexibility index (Phi) is 3.93. The second-order valence-electron chi connectivity index (χ2n) is 7.10. The molecule has 2 heterocycles. The van der Waals surface area contributed by atoms with Crippen molar-refractivity contribution in [2.75, 3.05) is 6.54 Å². The van der Waals surface area contributed by atoms with E-state index in [0.29, 0.717) is 18.5 Å². The number of amides is 1. The molecule has 3 atom stereocenters. The summed E-state index contributed by atoms with van der Waals surface area (Å²) in [5, 5.41) is 11.5. The van der Waals surface area contributed by atoms with Crippen LogP contribution in [0.1, 0.15) is 48.0 Å². The van der Waals surface area contributed by atoms with Gasteiger partial charge < -0.3 is 15.0 Å². The average molecular weight is 324 g/mol. The Balaban J connectivity index is 1.66. The number of aromatic amines is 1. The van der Waals surface area contributed by atoms with Crippen LogP contribution in [0.4, 0.5) is 0 Å². The lowest BCUT2D eigenvalue weighted by atomic mass is 9.66. The molecule has 1 aliphatic carbocycles. The van der Waals surface area contributed by atoms with Crippen LogP contribution in [-0.2, 0) is 5.60 Å². The number of aromatic nitrogens is 1. The van der Waals surface area contributed by atoms with Gasteiger partial charge in [0.25, 0.3) is 5.91 Å². The molecule has 2 aliphatic rings. The maximum atomic E-state index is 12.9. The number of rotatable bonds is 2. The van der Waals surface area contributed by atoms with Gasteiger partial charge in [0.1, 0.15) is 0 Å². The van der Waals surface area contributed by atoms with Gasteiger partial charge in [0, 0.05) is 30.9 Å². The molecule has 1 saturated heterocycles. The molecule has 24 heavy (non-hydrogen) atoms. The van der Waals surface area contributed by atoms with Crippen molar-refractivity contribution >= 4 is 5.91 Å². The molecule has 2 N–H and O–H groups in total. The van der Waals surface area contributed by atoms with Crippen molar-refractivity contribution in [1.29, 1.82) is 0 Å². The van der Waals surface area contributed by atoms with E-state index in [1.807, 2.05) is 41.3 Å². The van der Waals surface area contributed by atoms with Gasteiger partial charge in [0.2, 0.25) is 0 Å². The Hall–Kier alpha value is -2.07. The lowest BCUT2D eigenvalue weighted by molar-refractivity contribution is -0.110. The predicted octanol–water partition coefficient (Wildman–Crippen LogP) is 3.31. The van der Waals surface area contributed by atoms with E-state index in [1.165, 1.54) is 0 Å². The van der Waals surface area contributed by atoms with Crippen molar-refractivity contribution in [1.82, 2.24) is 9.88 Å². The summed E-state index contributed by atoms with van der Waals surface area (Å²) in [6.07, 6.45) is 8.37. The molecule has 2 aromatic rings. The number of piperidine rings is 1. The van der Waals surface area contributed by atoms with Gasteiger partial charge in [-0.15, -0.1) is 0 Å². The monoisotopic (exact) mass is 324 g/mol. The van der Waals surface area contributed by atoms with Gasteiger partial charge in [-0.2, -0.15) is 0 Å². The van der Waals surface area contributed by atoms with E-state index in [1.54, 1.807) is 12.4 Å². The van der Waals surface area contributed by atoms with Crippen LogP contribution in [0.15, 0.2) is 48.8 Å². The van der Waals surface area contributed by atoms with Gasteiger partial charge in [0.15, 0.2) is 0 Å². The van der Waals surface area contributed by atoms with Gasteiger partial charge in [-0.25, -0.2) is 0 Å². The second kappa shape index (κ2) is 6.10. The van der Waals surface area contributed by atoms with Crippen LogP contribution in [0.5, 0.6) is 0 Å². The maximum absolute atomic E-state index is 12.9. The van der Waals surface area contributed by atoms with Crippen LogP contribution in [0.25, 0.3) is 0 Å². The minimum absolute atomic E-state index is 0.0864. The second-order valence-corrected chi connectivity index (χ2v) is 7.10. The number of hydrogen-bond donors (Lipinski definition) is 2. The van der Waals surface area contributed by atoms with Gasteiger partial charge >= 0.3 is 0 Å². The number of hydrogen-bond acceptors (Lipinski definition) is 2. The fourth-order valence-electron chi connectivity index (χ4n) is 4.64. The molecule has 1 aromatic carbocycles. The van der Waals surface area contributed by atoms with Crippen molar-refractivity contribution in [3.8, 4) is 0 Å². The highest BCUT2D eigenvalue weighted by Gasteiger charge is 2.50. The van der Waals surface area contributed by atoms with E-state index in [4.69, 9.17) is 0 Å². The minimum Gasteiger partial charge on any atom is -0.385 e. The molecule has 1 aromatic heterocycles. The van der Waals surface area contributed by atoms with Gasteiger partial charge in [0.05, 0.1) is 11.2 Å². The molecule has 0 bridgehead atoms. The first-order valence-corrected chi connectivity index (χ1v) is 8.92. The van der Waals surface area contributed by atoms with Crippen LogP contribution < -0.4 is 0 Å². The first-order valence-electron chi connectivity index (χ1n) is 8.92. The molecular formula is C20H24N2O2. The summed E-state index contributed by atoms with van der Waals surface area (Å²) < 4.78 is 0. The van der Waals surface area contributed by atoms with E-state index < -0.39 is 5.60 Å². The number of likely N-dealkylation sites (tertiary alicyclic amines) is 1. The number of nitrogens with zero attached hydrogens (tertiary/aromatic N) is 1. The molecule has 126 valence electrons. The van der Waals surface area contributed by atoms with Gasteiger partial charge in [-0.3, -0.25) is 4.79 Å². The van der Waals surface area contributed by atoms with Crippen LogP contribution in [0, 0.1) is 5.92 Å². The molecule has 1 aliphatic heterocycles. The number of carbonyl (C=O) groups excluding carboxylic acids is 1. The highest BCUT2D eigenvalue weighted by Crippen LogP contribution is 2.47. The number of benzene rings is 1. The van der Waals surface area contributed by atoms with E-state index in [-0.39, 0.29) is 17.9 Å². The number of fused-ring (bicyclic) bond motifs is 1. The zero-order valence-electron chi connectivity index (χ0n) is 13.8. The molecule has 1 amide bonds. The van der Waals surface area contributed by atoms with Crippen molar-refractivity contribution in [2.45, 2.75) is 43.7 Å². The number of nitrogens with one attached hydrogen (secondary N) is 1. The van der Waals surface area contributed by atoms with Crippen LogP contribution in [0.2, 0.25) is 0 Å². The van der Waals surface area contributed by atoms with Gasteiger partial charge in [-0.05, 0) is 30.9 Å². The van der Waals surface area contributed by atoms with Crippen LogP contribution in [0.3, 0.4) is 0 Å². The number of aliphatic hydroxyl groups is 1. The zero-order chi connectivity index (χ0) is 16.6. The number of H-pyrrole nitrogens is 1. The zero-order valence-corrected chi connectivity index (χ0v) is 13.8. The highest BCUT2D eigenvalue weighted by atomic mass is 16.3. The van der Waals surface area contributed by atoms with Gasteiger partial charge in [-0.1, -0.05) is 43.2 Å². The molecule has 2 fully saturated rings. The molecule has 0 unspecified atom stereocenters. The minimum atomic E-state index is -0.818. The average Bonchev–Trinajstić information content (AvgIpc) is 3.17. The van der Waals surface area contributed by atoms with E-state index in [0.717, 1.165) is 31.2 Å². The molecule has 0 radical (unpaired) electrons. The topological polar surface area (TPSA) is 56.3 Å². The predicted molar refractivity (Wildman–Crippen MR) is 92.5 cm³/mol. The quantitative estimate of drug-likeness (QED) is 0.890. The molecule has 4 rings (SSSR count). The Bertz CT molecular complexity index is 698. The van der Waals surface area contributed by atoms with Crippen molar-refractivity contribution in [3.05, 3.63) is 59.9 Å². The molecule has 4 heteroatoms. The van der Waals surface area contributed by atoms with Crippen molar-refractivity contribution < 1.29 is 9.90 Å². The Morgan fingerprint density at radius 2 is 1.96 bits per heavy atom. The summed E-state index contributed by atoms with van der Waals surface area (Å²) in [6.45, 7) is 0.608. The SMILES string of the molecule is O=C(c1cc[nH]c1)N1CC[C@@](O)(c2ccccc2)[C@H]2CCCC[C@@H]21. The fraction of sp³-hybridized carbons (Fsp3) is 0.450. The maximum Gasteiger partial charge on any atom is 0.255 e. The van der Waals surface area contributed by atoms with Crippen LogP contribution in [-0.4, -0.2) is 33.5 Å². The van der Waals surface area contributed by atoms with Crippen molar-refractivity contribution in [2.24, 2.45) is 5.92 Å². The Labute approximate surface area is 142 Å². The lowest BCUT2D eigenvalue weighted by Gasteiger charge is -2.52. The summed E-state index contributed by atoms with van der Waals surface area (Å²) in [6, 6.07) is 12.0. The molecule has 0 spiro atoms. The highest BCUT2D eigenvalue weighted by molar-refractivity contribution is 5.94. The summed E-state index contributed by atoms with van der Waals surface area (Å²) in [4.78, 5) is 17.9. The Morgan fingerprint density at radius 3 is 2.71 bits per heavy atom. The summed E-state index contributed by atoms with van der Waals surface area (Å²) in [7, 11) is 0. The smallest absolute Gasteiger partial charge is 0.255 e. The lowest BCUT2D eigenvalue weighted by Crippen LogP contribution is -2.58. The van der Waals surface area contributed by atoms with E-state index >= 15 is 0 Å². The van der Waals surface area contributed by atoms with Crippen LogP contribution >= 0.6 is 0 Å². The molecule has 1 saturated carbocycles. The molecular weight excluding hydrogens is 300 g/mol. The summed E-state index contributed by atoms with van der Waals surface area (Å²) in [5.41, 5.74) is 0.890. The van der Waals surface area contributed by atoms with Crippen molar-refractivity contribution in [3.63, 3.8) is 0 Å².